The maximum Gasteiger partial charge on any atom is 0.262 e. The summed E-state index contributed by atoms with van der Waals surface area (Å²) in [5.74, 6) is -1.02. The topological polar surface area (TPSA) is 89.0 Å². The van der Waals surface area contributed by atoms with Gasteiger partial charge in [-0.3, -0.25) is 9.59 Å². The van der Waals surface area contributed by atoms with Gasteiger partial charge in [-0.05, 0) is 58.1 Å². The van der Waals surface area contributed by atoms with E-state index in [2.05, 4.69) is 34.0 Å². The zero-order chi connectivity index (χ0) is 27.8. The summed E-state index contributed by atoms with van der Waals surface area (Å²) in [7, 11) is 1.55. The molecule has 0 aliphatic rings. The van der Waals surface area contributed by atoms with Crippen molar-refractivity contribution >= 4 is 28.8 Å². The number of hydrazone groups is 1. The summed E-state index contributed by atoms with van der Waals surface area (Å²) in [6.45, 7) is 3.92. The van der Waals surface area contributed by atoms with Crippen LogP contribution in [0.15, 0.2) is 90.0 Å². The molecule has 0 radical (unpaired) electrons. The van der Waals surface area contributed by atoms with E-state index in [1.165, 1.54) is 24.4 Å². The van der Waals surface area contributed by atoms with Crippen LogP contribution in [0.2, 0.25) is 0 Å². The van der Waals surface area contributed by atoms with E-state index in [1.807, 2.05) is 24.3 Å². The third-order valence-corrected chi connectivity index (χ3v) is 6.19. The molecule has 0 spiro atoms. The Hall–Kier alpha value is -4.72. The first-order chi connectivity index (χ1) is 18.9. The van der Waals surface area contributed by atoms with Crippen LogP contribution in [-0.2, 0) is 11.4 Å². The predicted molar refractivity (Wildman–Crippen MR) is 150 cm³/mol. The molecule has 0 aliphatic carbocycles. The highest BCUT2D eigenvalue weighted by atomic mass is 19.1. The van der Waals surface area contributed by atoms with Crippen LogP contribution < -0.4 is 20.2 Å². The van der Waals surface area contributed by atoms with Crippen LogP contribution in [0.4, 0.5) is 4.39 Å². The second-order valence-corrected chi connectivity index (χ2v) is 9.25. The van der Waals surface area contributed by atoms with Gasteiger partial charge in [0.05, 0.1) is 18.9 Å². The molecule has 0 bridgehead atoms. The van der Waals surface area contributed by atoms with E-state index in [-0.39, 0.29) is 11.5 Å². The lowest BCUT2D eigenvalue weighted by atomic mass is 10.0. The summed E-state index contributed by atoms with van der Waals surface area (Å²) >= 11 is 0. The number of carbonyl (C=O) groups is 2. The molecule has 0 fully saturated rings. The molecule has 0 aliphatic heterocycles. The molecule has 4 aromatic rings. The van der Waals surface area contributed by atoms with Gasteiger partial charge in [0, 0.05) is 0 Å². The minimum atomic E-state index is -0.909. The second-order valence-electron chi connectivity index (χ2n) is 9.25. The molecular weight excluding hydrogens is 497 g/mol. The van der Waals surface area contributed by atoms with Crippen molar-refractivity contribution in [2.75, 3.05) is 7.11 Å². The number of rotatable bonds is 10. The van der Waals surface area contributed by atoms with Crippen LogP contribution in [-0.4, -0.2) is 31.2 Å². The highest BCUT2D eigenvalue weighted by Gasteiger charge is 2.25. The number of hydrogen-bond donors (Lipinski definition) is 2. The van der Waals surface area contributed by atoms with Gasteiger partial charge in [0.2, 0.25) is 0 Å². The fourth-order valence-electron chi connectivity index (χ4n) is 4.10. The number of halogens is 1. The van der Waals surface area contributed by atoms with Crippen molar-refractivity contribution in [1.29, 1.82) is 0 Å². The molecule has 4 aromatic carbocycles. The van der Waals surface area contributed by atoms with Gasteiger partial charge < -0.3 is 14.8 Å². The van der Waals surface area contributed by atoms with Gasteiger partial charge in [-0.15, -0.1) is 0 Å². The Labute approximate surface area is 226 Å². The Morgan fingerprint density at radius 2 is 1.69 bits per heavy atom. The van der Waals surface area contributed by atoms with Crippen LogP contribution in [0.25, 0.3) is 10.8 Å². The van der Waals surface area contributed by atoms with Crippen molar-refractivity contribution in [3.05, 3.63) is 107 Å². The van der Waals surface area contributed by atoms with Gasteiger partial charge in [-0.1, -0.05) is 68.4 Å². The number of ether oxygens (including phenoxy) is 2. The van der Waals surface area contributed by atoms with Crippen molar-refractivity contribution in [2.24, 2.45) is 11.0 Å². The van der Waals surface area contributed by atoms with E-state index in [9.17, 15) is 14.0 Å². The average Bonchev–Trinajstić information content (AvgIpc) is 2.94. The first-order valence-corrected chi connectivity index (χ1v) is 12.5. The van der Waals surface area contributed by atoms with E-state index in [4.69, 9.17) is 9.47 Å². The van der Waals surface area contributed by atoms with Crippen LogP contribution in [0.1, 0.15) is 35.3 Å². The molecule has 0 aromatic heterocycles. The Morgan fingerprint density at radius 1 is 0.949 bits per heavy atom. The standard InChI is InChI=1S/C31H30FN3O4/c1-20(2)29(34-30(36)25-13-6-7-14-26(25)32)31(37)35-33-18-21-15-16-27(28(17-21)38-3)39-19-23-11-8-10-22-9-4-5-12-24(22)23/h4-18,20,29H,19H2,1-3H3,(H,34,36)(H,35,37)/b33-18+. The molecular formula is C31H30FN3O4. The summed E-state index contributed by atoms with van der Waals surface area (Å²) < 4.78 is 25.5. The highest BCUT2D eigenvalue weighted by molar-refractivity contribution is 5.98. The quantitative estimate of drug-likeness (QED) is 0.211. The minimum Gasteiger partial charge on any atom is -0.493 e. The van der Waals surface area contributed by atoms with Crippen molar-refractivity contribution in [1.82, 2.24) is 10.7 Å². The first kappa shape index (κ1) is 27.3. The summed E-state index contributed by atoms with van der Waals surface area (Å²) in [6, 6.07) is 24.2. The normalized spacial score (nSPS) is 11.9. The zero-order valence-electron chi connectivity index (χ0n) is 22.0. The number of nitrogens with one attached hydrogen (secondary N) is 2. The van der Waals surface area contributed by atoms with E-state index >= 15 is 0 Å². The van der Waals surface area contributed by atoms with E-state index < -0.39 is 23.7 Å². The summed E-state index contributed by atoms with van der Waals surface area (Å²) in [6.07, 6.45) is 1.46. The molecule has 2 N–H and O–H groups in total. The molecule has 0 saturated carbocycles. The largest absolute Gasteiger partial charge is 0.493 e. The number of carbonyl (C=O) groups excluding carboxylic acids is 2. The lowest BCUT2D eigenvalue weighted by Crippen LogP contribution is -2.48. The fraction of sp³-hybridized carbons (Fsp3) is 0.194. The first-order valence-electron chi connectivity index (χ1n) is 12.5. The van der Waals surface area contributed by atoms with Gasteiger partial charge in [0.25, 0.3) is 11.8 Å². The molecule has 1 unspecified atom stereocenters. The van der Waals surface area contributed by atoms with Gasteiger partial charge in [0.15, 0.2) is 11.5 Å². The van der Waals surface area contributed by atoms with Crippen LogP contribution in [0.3, 0.4) is 0 Å². The van der Waals surface area contributed by atoms with Gasteiger partial charge in [-0.2, -0.15) is 5.10 Å². The Balaban J connectivity index is 1.39. The molecule has 1 atom stereocenters. The Bertz CT molecular complexity index is 1500. The molecule has 200 valence electrons. The maximum absolute atomic E-state index is 14.0. The van der Waals surface area contributed by atoms with Crippen molar-refractivity contribution in [3.8, 4) is 11.5 Å². The number of amides is 2. The van der Waals surface area contributed by atoms with E-state index in [0.29, 0.717) is 23.7 Å². The molecule has 8 heteroatoms. The molecule has 39 heavy (non-hydrogen) atoms. The maximum atomic E-state index is 14.0. The third kappa shape index (κ3) is 6.78. The van der Waals surface area contributed by atoms with Crippen molar-refractivity contribution in [3.63, 3.8) is 0 Å². The summed E-state index contributed by atoms with van der Waals surface area (Å²) in [5, 5.41) is 8.89. The monoisotopic (exact) mass is 527 g/mol. The average molecular weight is 528 g/mol. The van der Waals surface area contributed by atoms with Crippen molar-refractivity contribution < 1.29 is 23.5 Å². The number of nitrogens with zero attached hydrogens (tertiary/aromatic N) is 1. The molecule has 2 amide bonds. The lowest BCUT2D eigenvalue weighted by molar-refractivity contribution is -0.123. The number of methoxy groups -OCH3 is 1. The smallest absolute Gasteiger partial charge is 0.262 e. The molecule has 7 nitrogen and oxygen atoms in total. The fourth-order valence-corrected chi connectivity index (χ4v) is 4.10. The van der Waals surface area contributed by atoms with E-state index in [0.717, 1.165) is 16.3 Å². The number of benzene rings is 4. The van der Waals surface area contributed by atoms with Crippen LogP contribution in [0, 0.1) is 11.7 Å². The Kier molecular flexibility index (Phi) is 8.89. The van der Waals surface area contributed by atoms with Gasteiger partial charge >= 0.3 is 0 Å². The number of fused-ring (bicyclic) bond motifs is 1. The highest BCUT2D eigenvalue weighted by Crippen LogP contribution is 2.29. The Morgan fingerprint density at radius 3 is 2.46 bits per heavy atom. The van der Waals surface area contributed by atoms with Crippen molar-refractivity contribution in [2.45, 2.75) is 26.5 Å². The predicted octanol–water partition coefficient (Wildman–Crippen LogP) is 5.47. The number of hydrogen-bond acceptors (Lipinski definition) is 5. The van der Waals surface area contributed by atoms with Crippen LogP contribution in [0.5, 0.6) is 11.5 Å². The summed E-state index contributed by atoms with van der Waals surface area (Å²) in [4.78, 5) is 25.2. The summed E-state index contributed by atoms with van der Waals surface area (Å²) in [5.41, 5.74) is 4.05. The minimum absolute atomic E-state index is 0.130. The SMILES string of the molecule is COc1cc(/C=N/NC(=O)C(NC(=O)c2ccccc2F)C(C)C)ccc1OCc1cccc2ccccc12. The molecule has 4 rings (SSSR count). The second kappa shape index (κ2) is 12.7. The van der Waals surface area contributed by atoms with Crippen LogP contribution >= 0.6 is 0 Å². The lowest BCUT2D eigenvalue weighted by Gasteiger charge is -2.20. The third-order valence-electron chi connectivity index (χ3n) is 6.19. The van der Waals surface area contributed by atoms with Gasteiger partial charge in [0.1, 0.15) is 18.5 Å². The zero-order valence-corrected chi connectivity index (χ0v) is 22.0. The van der Waals surface area contributed by atoms with E-state index in [1.54, 1.807) is 45.2 Å². The molecule has 0 heterocycles. The van der Waals surface area contributed by atoms with Gasteiger partial charge in [-0.25, -0.2) is 9.82 Å². The molecule has 0 saturated heterocycles.